The number of amides is 2. The maximum atomic E-state index is 13.9. The van der Waals surface area contributed by atoms with E-state index in [1.54, 1.807) is 54.6 Å². The molecule has 84 heavy (non-hydrogen) atoms. The minimum absolute atomic E-state index is 0.0623. The standard InChI is InChI=1S/C57H79N8O16P3/c1-44(66)60-48-31-33-49(34-32-48)61-57-59-43-53(64(69)70)55(63-57)62-52-36-35-50(42-51(52)54(67)46-25-21-19-22-26-46)80-84(75,76)81-83(73,74)78-40-37-58-56(68)47-29-27-45(28-30-47)24-20-17-15-13-11-9-7-5-6-8-10-12-14-16-18-23-39-77-82(71,72)79-41-38-65(2,3)4/h19,21-22,25-36,42-43H,5-18,20,23-24,37-41H2,1-4H3,(H6-,58,59,60,61,62,63,66,67,68,71,72,73,74,75,76)/p+1. The van der Waals surface area contributed by atoms with E-state index in [0.29, 0.717) is 28.0 Å². The molecule has 0 radical (unpaired) electrons. The van der Waals surface area contributed by atoms with Crippen LogP contribution in [0.4, 0.5) is 34.5 Å². The van der Waals surface area contributed by atoms with Gasteiger partial charge in [-0.1, -0.05) is 132 Å². The van der Waals surface area contributed by atoms with E-state index in [1.807, 2.05) is 33.3 Å². The molecule has 5 rings (SSSR count). The molecule has 3 atom stereocenters. The highest BCUT2D eigenvalue weighted by atomic mass is 31.3. The molecule has 2 amide bonds. The summed E-state index contributed by atoms with van der Waals surface area (Å²) in [6.45, 7) is 1.53. The van der Waals surface area contributed by atoms with Crippen LogP contribution < -0.4 is 25.8 Å². The molecule has 0 spiro atoms. The zero-order valence-electron chi connectivity index (χ0n) is 48.2. The number of nitrogens with zero attached hydrogens (tertiary/aromatic N) is 4. The third-order valence-electron chi connectivity index (χ3n) is 12.9. The van der Waals surface area contributed by atoms with Gasteiger partial charge in [-0.2, -0.15) is 9.29 Å². The van der Waals surface area contributed by atoms with Crippen molar-refractivity contribution in [1.29, 1.82) is 0 Å². The third kappa shape index (κ3) is 26.8. The molecule has 458 valence electrons. The van der Waals surface area contributed by atoms with Crippen LogP contribution in [0.3, 0.4) is 0 Å². The van der Waals surface area contributed by atoms with Crippen molar-refractivity contribution in [3.63, 3.8) is 0 Å². The lowest BCUT2D eigenvalue weighted by Gasteiger charge is -2.24. The van der Waals surface area contributed by atoms with Crippen molar-refractivity contribution in [2.45, 2.75) is 116 Å². The van der Waals surface area contributed by atoms with Crippen LogP contribution in [0.5, 0.6) is 5.75 Å². The summed E-state index contributed by atoms with van der Waals surface area (Å²) in [6.07, 6.45) is 20.3. The Labute approximate surface area is 491 Å². The number of rotatable bonds is 41. The summed E-state index contributed by atoms with van der Waals surface area (Å²) in [5.41, 5.74) is 1.72. The number of carbonyl (C=O) groups excluding carboxylic acids is 3. The fourth-order valence-corrected chi connectivity index (χ4v) is 11.3. The number of phosphoric ester groups is 3. The van der Waals surface area contributed by atoms with Crippen LogP contribution in [-0.4, -0.2) is 106 Å². The topological polar surface area (TPSA) is 326 Å². The number of aryl methyl sites for hydroxylation is 1. The SMILES string of the molecule is CC(=O)Nc1ccc(Nc2ncc([N+](=O)[O-])c(Nc3ccc(OP(=O)(O)OP(=O)(O)OCCNC(=O)c4ccc(CCCCCCCCCCCCCCCCCCOP(=O)(O)OCC[N+](C)(C)C)cc4)cc3C(=O)c3ccccc3)n2)cc1. The maximum absolute atomic E-state index is 13.9. The molecule has 3 unspecified atom stereocenters. The molecule has 5 aromatic rings. The Morgan fingerprint density at radius 2 is 1.19 bits per heavy atom. The van der Waals surface area contributed by atoms with Gasteiger partial charge in [-0.15, -0.1) is 0 Å². The van der Waals surface area contributed by atoms with Crippen molar-refractivity contribution in [3.8, 4) is 5.75 Å². The third-order valence-corrected chi connectivity index (χ3v) is 16.5. The zero-order chi connectivity index (χ0) is 61.0. The van der Waals surface area contributed by atoms with Crippen molar-refractivity contribution in [2.24, 2.45) is 0 Å². The molecule has 0 aliphatic heterocycles. The summed E-state index contributed by atoms with van der Waals surface area (Å²) >= 11 is 0. The van der Waals surface area contributed by atoms with Gasteiger partial charge in [-0.05, 0) is 79.4 Å². The normalized spacial score (nSPS) is 13.7. The van der Waals surface area contributed by atoms with Crippen LogP contribution in [0.1, 0.15) is 141 Å². The van der Waals surface area contributed by atoms with Gasteiger partial charge in [0.2, 0.25) is 17.7 Å². The molecule has 0 fully saturated rings. The number of carbonyl (C=O) groups is 3. The van der Waals surface area contributed by atoms with E-state index in [1.165, 1.54) is 95.8 Å². The van der Waals surface area contributed by atoms with E-state index < -0.39 is 58.1 Å². The summed E-state index contributed by atoms with van der Waals surface area (Å²) in [5, 5.41) is 23.0. The summed E-state index contributed by atoms with van der Waals surface area (Å²) in [6, 6.07) is 24.7. The lowest BCUT2D eigenvalue weighted by Crippen LogP contribution is -2.37. The van der Waals surface area contributed by atoms with Crippen LogP contribution in [0, 0.1) is 10.1 Å². The minimum Gasteiger partial charge on any atom is -0.404 e. The molecule has 1 aromatic heterocycles. The van der Waals surface area contributed by atoms with Crippen molar-refractivity contribution in [1.82, 2.24) is 15.3 Å². The minimum atomic E-state index is -5.47. The number of hydrogen-bond acceptors (Lipinski definition) is 17. The van der Waals surface area contributed by atoms with Crippen molar-refractivity contribution >= 4 is 75.6 Å². The van der Waals surface area contributed by atoms with E-state index in [0.717, 1.165) is 62.4 Å². The van der Waals surface area contributed by atoms with E-state index in [2.05, 4.69) is 35.5 Å². The highest BCUT2D eigenvalue weighted by Gasteiger charge is 2.37. The highest BCUT2D eigenvalue weighted by Crippen LogP contribution is 2.60. The van der Waals surface area contributed by atoms with Crippen LogP contribution in [0.2, 0.25) is 0 Å². The second kappa shape index (κ2) is 34.6. The second-order valence-electron chi connectivity index (χ2n) is 21.0. The molecular weight excluding hydrogens is 1150 g/mol. The first-order valence-electron chi connectivity index (χ1n) is 28.1. The lowest BCUT2D eigenvalue weighted by molar-refractivity contribution is -0.870. The zero-order valence-corrected chi connectivity index (χ0v) is 50.8. The number of anilines is 5. The Hall–Kier alpha value is -6.26. The van der Waals surface area contributed by atoms with Crippen molar-refractivity contribution in [3.05, 3.63) is 136 Å². The van der Waals surface area contributed by atoms with Gasteiger partial charge in [0.15, 0.2) is 5.78 Å². The smallest absolute Gasteiger partial charge is 0.404 e. The number of quaternary nitrogens is 1. The van der Waals surface area contributed by atoms with Crippen LogP contribution in [0.15, 0.2) is 103 Å². The van der Waals surface area contributed by atoms with Crippen LogP contribution in [-0.2, 0) is 42.8 Å². The average Bonchev–Trinajstić information content (AvgIpc) is 2.67. The Morgan fingerprint density at radius 3 is 1.77 bits per heavy atom. The van der Waals surface area contributed by atoms with Crippen molar-refractivity contribution in [2.75, 3.05) is 70.0 Å². The van der Waals surface area contributed by atoms with Gasteiger partial charge in [0.25, 0.3) is 5.91 Å². The predicted molar refractivity (Wildman–Crippen MR) is 321 cm³/mol. The number of benzene rings is 4. The number of nitrogens with one attached hydrogen (secondary N) is 4. The molecule has 0 aliphatic carbocycles. The lowest BCUT2D eigenvalue weighted by atomic mass is 10.0. The van der Waals surface area contributed by atoms with Gasteiger partial charge >= 0.3 is 29.2 Å². The van der Waals surface area contributed by atoms with Gasteiger partial charge in [0.1, 0.15) is 25.1 Å². The molecule has 0 bridgehead atoms. The molecule has 24 nitrogen and oxygen atoms in total. The molecule has 7 N–H and O–H groups in total. The number of unbranched alkanes of at least 4 members (excludes halogenated alkanes) is 15. The van der Waals surface area contributed by atoms with Gasteiger partial charge in [-0.25, -0.2) is 18.7 Å². The molecule has 27 heteroatoms. The van der Waals surface area contributed by atoms with Crippen LogP contribution >= 0.6 is 23.5 Å². The van der Waals surface area contributed by atoms with Gasteiger partial charge in [0.05, 0.1) is 45.0 Å². The first-order valence-corrected chi connectivity index (χ1v) is 32.6. The first kappa shape index (κ1) is 68.5. The predicted octanol–water partition coefficient (Wildman–Crippen LogP) is 12.7. The van der Waals surface area contributed by atoms with Gasteiger partial charge in [-0.3, -0.25) is 43.0 Å². The number of phosphoric acid groups is 3. The second-order valence-corrected chi connectivity index (χ2v) is 25.5. The Bertz CT molecular complexity index is 3040. The number of aromatic nitrogens is 2. The largest absolute Gasteiger partial charge is 0.536 e. The Balaban J connectivity index is 0.963. The Kier molecular flexibility index (Phi) is 28.3. The summed E-state index contributed by atoms with van der Waals surface area (Å²) < 4.78 is 63.1. The quantitative estimate of drug-likeness (QED) is 0.00477. The monoisotopic (exact) mass is 1230 g/mol. The number of nitro groups is 1. The molecule has 1 heterocycles. The molecule has 0 saturated heterocycles. The molecule has 4 aromatic carbocycles. The molecular formula is C57H80N8O16P3+. The van der Waals surface area contributed by atoms with E-state index in [4.69, 9.17) is 18.1 Å². The fourth-order valence-electron chi connectivity index (χ4n) is 8.49. The van der Waals surface area contributed by atoms with E-state index in [-0.39, 0.29) is 54.2 Å². The summed E-state index contributed by atoms with van der Waals surface area (Å²) in [4.78, 5) is 88.5. The summed E-state index contributed by atoms with van der Waals surface area (Å²) in [7, 11) is -8.77. The first-order chi connectivity index (χ1) is 40.0. The fraction of sp³-hybridized carbons (Fsp3) is 0.456. The number of likely N-dealkylation sites (N-methyl/N-ethyl adjacent to an activating group) is 1. The highest BCUT2D eigenvalue weighted by molar-refractivity contribution is 7.61. The summed E-state index contributed by atoms with van der Waals surface area (Å²) in [5.74, 6) is -2.32. The maximum Gasteiger partial charge on any atom is 0.536 e. The number of hydrogen-bond donors (Lipinski definition) is 7. The molecule has 0 aliphatic rings. The average molecular weight is 1230 g/mol. The molecule has 0 saturated carbocycles. The van der Waals surface area contributed by atoms with Crippen molar-refractivity contribution < 1.29 is 74.6 Å². The van der Waals surface area contributed by atoms with Gasteiger partial charge in [0, 0.05) is 41.5 Å². The number of ketones is 1. The van der Waals surface area contributed by atoms with E-state index >= 15 is 0 Å². The van der Waals surface area contributed by atoms with Crippen LogP contribution in [0.25, 0.3) is 0 Å². The Morgan fingerprint density at radius 1 is 0.631 bits per heavy atom. The van der Waals surface area contributed by atoms with Gasteiger partial charge < -0.3 is 40.1 Å². The van der Waals surface area contributed by atoms with E-state index in [9.17, 15) is 52.9 Å².